The summed E-state index contributed by atoms with van der Waals surface area (Å²) in [7, 11) is 1.61. The molecule has 0 saturated carbocycles. The van der Waals surface area contributed by atoms with Gasteiger partial charge in [0.2, 0.25) is 11.8 Å². The van der Waals surface area contributed by atoms with E-state index in [0.717, 1.165) is 29.2 Å². The lowest BCUT2D eigenvalue weighted by molar-refractivity contribution is -0.116. The molecule has 0 radical (unpaired) electrons. The lowest BCUT2D eigenvalue weighted by Crippen LogP contribution is -2.11. The Bertz CT molecular complexity index is 850. The van der Waals surface area contributed by atoms with E-state index in [9.17, 15) is 4.79 Å². The van der Waals surface area contributed by atoms with Crippen molar-refractivity contribution < 1.29 is 13.9 Å². The van der Waals surface area contributed by atoms with Gasteiger partial charge in [0.05, 0.1) is 7.11 Å². The van der Waals surface area contributed by atoms with E-state index in [-0.39, 0.29) is 11.9 Å². The summed E-state index contributed by atoms with van der Waals surface area (Å²) in [6, 6.07) is 17.7. The molecular formula is C20H21N3O3S. The summed E-state index contributed by atoms with van der Waals surface area (Å²) >= 11 is 1.82. The number of benzene rings is 2. The molecule has 0 bridgehead atoms. The van der Waals surface area contributed by atoms with Crippen molar-refractivity contribution in [1.29, 1.82) is 0 Å². The predicted octanol–water partition coefficient (Wildman–Crippen LogP) is 4.40. The molecular weight excluding hydrogens is 362 g/mol. The van der Waals surface area contributed by atoms with Crippen molar-refractivity contribution in [3.05, 3.63) is 60.2 Å². The van der Waals surface area contributed by atoms with Crippen LogP contribution in [0.1, 0.15) is 18.4 Å². The van der Waals surface area contributed by atoms with Crippen LogP contribution in [0.5, 0.6) is 5.75 Å². The number of amides is 1. The average Bonchev–Trinajstić information content (AvgIpc) is 3.17. The number of thioether (sulfide) groups is 1. The summed E-state index contributed by atoms with van der Waals surface area (Å²) in [4.78, 5) is 12.0. The van der Waals surface area contributed by atoms with E-state index in [4.69, 9.17) is 9.15 Å². The summed E-state index contributed by atoms with van der Waals surface area (Å²) in [5.74, 6) is 2.85. The van der Waals surface area contributed by atoms with Gasteiger partial charge in [0, 0.05) is 17.7 Å². The van der Waals surface area contributed by atoms with Gasteiger partial charge in [-0.1, -0.05) is 35.4 Å². The molecule has 2 aromatic carbocycles. The number of nitrogens with one attached hydrogen (secondary N) is 1. The highest BCUT2D eigenvalue weighted by Gasteiger charge is 2.11. The number of hydrogen-bond donors (Lipinski definition) is 1. The summed E-state index contributed by atoms with van der Waals surface area (Å²) in [6.07, 6.45) is 1.21. The van der Waals surface area contributed by atoms with Crippen LogP contribution in [0, 0.1) is 0 Å². The zero-order valence-corrected chi connectivity index (χ0v) is 15.9. The number of rotatable bonds is 9. The smallest absolute Gasteiger partial charge is 0.322 e. The van der Waals surface area contributed by atoms with Gasteiger partial charge in [0.15, 0.2) is 0 Å². The van der Waals surface area contributed by atoms with Crippen LogP contribution in [0.4, 0.5) is 6.01 Å². The fourth-order valence-electron chi connectivity index (χ4n) is 2.40. The second-order valence-corrected chi connectivity index (χ2v) is 6.94. The monoisotopic (exact) mass is 383 g/mol. The van der Waals surface area contributed by atoms with Gasteiger partial charge in [-0.25, -0.2) is 0 Å². The van der Waals surface area contributed by atoms with Gasteiger partial charge in [-0.2, -0.15) is 11.8 Å². The number of aromatic nitrogens is 2. The number of anilines is 1. The Hall–Kier alpha value is -2.80. The first-order chi connectivity index (χ1) is 13.2. The van der Waals surface area contributed by atoms with Crippen LogP contribution in [0.15, 0.2) is 59.0 Å². The van der Waals surface area contributed by atoms with Gasteiger partial charge in [-0.05, 0) is 42.0 Å². The summed E-state index contributed by atoms with van der Waals surface area (Å²) in [5.41, 5.74) is 2.06. The van der Waals surface area contributed by atoms with Gasteiger partial charge in [0.25, 0.3) is 0 Å². The van der Waals surface area contributed by atoms with Crippen molar-refractivity contribution in [2.24, 2.45) is 0 Å². The molecule has 1 N–H and O–H groups in total. The molecule has 6 nitrogen and oxygen atoms in total. The minimum Gasteiger partial charge on any atom is -0.497 e. The highest BCUT2D eigenvalue weighted by atomic mass is 32.2. The van der Waals surface area contributed by atoms with Gasteiger partial charge in [0.1, 0.15) is 5.75 Å². The first-order valence-electron chi connectivity index (χ1n) is 8.64. The standard InChI is InChI=1S/C20H21N3O3S/c1-25-17-11-9-16(10-12-17)19-22-23-20(26-19)21-18(24)8-5-13-27-14-15-6-3-2-4-7-15/h2-4,6-7,9-12H,5,8,13-14H2,1H3,(H,21,23,24). The Balaban J connectivity index is 1.40. The molecule has 1 heterocycles. The van der Waals surface area contributed by atoms with Gasteiger partial charge >= 0.3 is 6.01 Å². The molecule has 7 heteroatoms. The molecule has 1 amide bonds. The van der Waals surface area contributed by atoms with Crippen LogP contribution in [-0.2, 0) is 10.5 Å². The molecule has 1 aromatic heterocycles. The van der Waals surface area contributed by atoms with Crippen molar-refractivity contribution >= 4 is 23.7 Å². The Morgan fingerprint density at radius 1 is 1.11 bits per heavy atom. The maximum Gasteiger partial charge on any atom is 0.322 e. The Labute approximate surface area is 162 Å². The minimum absolute atomic E-state index is 0.114. The van der Waals surface area contributed by atoms with E-state index in [0.29, 0.717) is 12.3 Å². The van der Waals surface area contributed by atoms with E-state index in [1.54, 1.807) is 7.11 Å². The molecule has 3 aromatic rings. The highest BCUT2D eigenvalue weighted by molar-refractivity contribution is 7.98. The van der Waals surface area contributed by atoms with Crippen LogP contribution in [0.2, 0.25) is 0 Å². The minimum atomic E-state index is -0.125. The second-order valence-electron chi connectivity index (χ2n) is 5.83. The van der Waals surface area contributed by atoms with Crippen molar-refractivity contribution in [3.63, 3.8) is 0 Å². The summed E-state index contributed by atoms with van der Waals surface area (Å²) < 4.78 is 10.6. The molecule has 27 heavy (non-hydrogen) atoms. The lowest BCUT2D eigenvalue weighted by atomic mass is 10.2. The highest BCUT2D eigenvalue weighted by Crippen LogP contribution is 2.22. The zero-order valence-electron chi connectivity index (χ0n) is 15.1. The SMILES string of the molecule is COc1ccc(-c2nnc(NC(=O)CCCSCc3ccccc3)o2)cc1. The molecule has 0 atom stereocenters. The Kier molecular flexibility index (Phi) is 6.87. The number of carbonyl (C=O) groups excluding carboxylic acids is 1. The van der Waals surface area contributed by atoms with Gasteiger partial charge in [-0.3, -0.25) is 10.1 Å². The molecule has 0 spiro atoms. The third-order valence-electron chi connectivity index (χ3n) is 3.81. The van der Waals surface area contributed by atoms with Crippen molar-refractivity contribution in [2.45, 2.75) is 18.6 Å². The Morgan fingerprint density at radius 3 is 2.63 bits per heavy atom. The number of methoxy groups -OCH3 is 1. The maximum atomic E-state index is 12.0. The van der Waals surface area contributed by atoms with Crippen molar-refractivity contribution in [3.8, 4) is 17.2 Å². The molecule has 140 valence electrons. The maximum absolute atomic E-state index is 12.0. The fourth-order valence-corrected chi connectivity index (χ4v) is 3.33. The van der Waals surface area contributed by atoms with Crippen LogP contribution < -0.4 is 10.1 Å². The second kappa shape index (κ2) is 9.78. The van der Waals surface area contributed by atoms with Gasteiger partial charge < -0.3 is 9.15 Å². The van der Waals surface area contributed by atoms with Crippen LogP contribution in [0.25, 0.3) is 11.5 Å². The van der Waals surface area contributed by atoms with E-state index in [1.165, 1.54) is 5.56 Å². The molecule has 0 aliphatic carbocycles. The molecule has 3 rings (SSSR count). The topological polar surface area (TPSA) is 77.3 Å². The van der Waals surface area contributed by atoms with Gasteiger partial charge in [-0.15, -0.1) is 5.10 Å². The fraction of sp³-hybridized carbons (Fsp3) is 0.250. The van der Waals surface area contributed by atoms with E-state index >= 15 is 0 Å². The third-order valence-corrected chi connectivity index (χ3v) is 4.93. The average molecular weight is 383 g/mol. The molecule has 0 unspecified atom stereocenters. The summed E-state index contributed by atoms with van der Waals surface area (Å²) in [6.45, 7) is 0. The first kappa shape index (κ1) is 19.0. The molecule has 0 saturated heterocycles. The van der Waals surface area contributed by atoms with E-state index in [2.05, 4.69) is 27.6 Å². The number of carbonyl (C=O) groups is 1. The predicted molar refractivity (Wildman–Crippen MR) is 107 cm³/mol. The van der Waals surface area contributed by atoms with Crippen LogP contribution in [-0.4, -0.2) is 29.0 Å². The van der Waals surface area contributed by atoms with E-state index in [1.807, 2.05) is 54.2 Å². The summed E-state index contributed by atoms with van der Waals surface area (Å²) in [5, 5.41) is 10.5. The van der Waals surface area contributed by atoms with E-state index < -0.39 is 0 Å². The third kappa shape index (κ3) is 5.86. The quantitative estimate of drug-likeness (QED) is 0.552. The largest absolute Gasteiger partial charge is 0.497 e. The Morgan fingerprint density at radius 2 is 1.89 bits per heavy atom. The zero-order chi connectivity index (χ0) is 18.9. The number of nitrogens with zero attached hydrogens (tertiary/aromatic N) is 2. The van der Waals surface area contributed by atoms with Crippen molar-refractivity contribution in [2.75, 3.05) is 18.2 Å². The van der Waals surface area contributed by atoms with Crippen LogP contribution >= 0.6 is 11.8 Å². The molecule has 0 aliphatic rings. The van der Waals surface area contributed by atoms with Crippen molar-refractivity contribution in [1.82, 2.24) is 10.2 Å². The molecule has 0 fully saturated rings. The first-order valence-corrected chi connectivity index (χ1v) is 9.79. The normalized spacial score (nSPS) is 10.6. The number of hydrogen-bond acceptors (Lipinski definition) is 6. The molecule has 0 aliphatic heterocycles. The van der Waals surface area contributed by atoms with Crippen LogP contribution in [0.3, 0.4) is 0 Å². The number of ether oxygens (including phenoxy) is 1. The lowest BCUT2D eigenvalue weighted by Gasteiger charge is -2.02.